The molecule has 1 heterocycles. The first-order valence-corrected chi connectivity index (χ1v) is 4.69. The molecule has 58 valence electrons. The molecule has 1 aromatic rings. The second kappa shape index (κ2) is 2.45. The van der Waals surface area contributed by atoms with E-state index in [1.165, 1.54) is 17.7 Å². The molecule has 0 saturated heterocycles. The van der Waals surface area contributed by atoms with Crippen LogP contribution < -0.4 is 0 Å². The summed E-state index contributed by atoms with van der Waals surface area (Å²) in [7, 11) is 0. The normalized spacial score (nSPS) is 16.8. The molecule has 2 heteroatoms. The molecule has 0 atom stereocenters. The summed E-state index contributed by atoms with van der Waals surface area (Å²) in [5.74, 6) is 0.981. The molecule has 0 spiro atoms. The van der Waals surface area contributed by atoms with Crippen LogP contribution in [0.5, 0.6) is 0 Å². The summed E-state index contributed by atoms with van der Waals surface area (Å²) in [6.07, 6.45) is 2.63. The lowest BCUT2D eigenvalue weighted by Crippen LogP contribution is -1.83. The third-order valence-corrected chi connectivity index (χ3v) is 3.30. The average Bonchev–Trinajstić information content (AvgIpc) is 2.68. The zero-order chi connectivity index (χ0) is 7.84. The molecule has 0 unspecified atom stereocenters. The van der Waals surface area contributed by atoms with Crippen LogP contribution >= 0.6 is 11.3 Å². The van der Waals surface area contributed by atoms with E-state index in [9.17, 15) is 4.79 Å². The lowest BCUT2D eigenvalue weighted by atomic mass is 10.3. The molecule has 0 bridgehead atoms. The minimum atomic E-state index is 0.196. The fourth-order valence-electron chi connectivity index (χ4n) is 1.13. The predicted octanol–water partition coefficient (Wildman–Crippen LogP) is 2.83. The average molecular weight is 166 g/mol. The highest BCUT2D eigenvalue weighted by Gasteiger charge is 2.25. The molecule has 0 radical (unpaired) electrons. The van der Waals surface area contributed by atoms with Crippen LogP contribution in [0.3, 0.4) is 0 Å². The van der Waals surface area contributed by atoms with Crippen molar-refractivity contribution in [2.24, 2.45) is 0 Å². The summed E-state index contributed by atoms with van der Waals surface area (Å²) in [5.41, 5.74) is 0. The van der Waals surface area contributed by atoms with Gasteiger partial charge in [0.15, 0.2) is 5.78 Å². The standard InChI is InChI=1S/C9H10OS/c1-6(10)8-4-5-9(11-8)7-2-3-7/h4-5,7H,2-3H2,1H3. The van der Waals surface area contributed by atoms with Crippen molar-refractivity contribution in [2.75, 3.05) is 0 Å². The number of carbonyl (C=O) groups excluding carboxylic acids is 1. The molecule has 1 fully saturated rings. The molecule has 1 saturated carbocycles. The van der Waals surface area contributed by atoms with Gasteiger partial charge in [0, 0.05) is 4.88 Å². The molecular weight excluding hydrogens is 156 g/mol. The highest BCUT2D eigenvalue weighted by Crippen LogP contribution is 2.43. The number of rotatable bonds is 2. The van der Waals surface area contributed by atoms with E-state index in [1.54, 1.807) is 18.3 Å². The van der Waals surface area contributed by atoms with E-state index in [1.807, 2.05) is 6.07 Å². The number of carbonyl (C=O) groups is 1. The van der Waals surface area contributed by atoms with E-state index < -0.39 is 0 Å². The largest absolute Gasteiger partial charge is 0.294 e. The van der Waals surface area contributed by atoms with Crippen molar-refractivity contribution in [3.8, 4) is 0 Å². The Bertz CT molecular complexity index is 284. The summed E-state index contributed by atoms with van der Waals surface area (Å²) < 4.78 is 0. The maximum absolute atomic E-state index is 10.9. The Morgan fingerprint density at radius 1 is 1.55 bits per heavy atom. The monoisotopic (exact) mass is 166 g/mol. The van der Waals surface area contributed by atoms with Crippen LogP contribution in [0, 0.1) is 0 Å². The van der Waals surface area contributed by atoms with Crippen molar-refractivity contribution >= 4 is 17.1 Å². The van der Waals surface area contributed by atoms with Crippen LogP contribution in [0.25, 0.3) is 0 Å². The van der Waals surface area contributed by atoms with Gasteiger partial charge in [-0.25, -0.2) is 0 Å². The highest BCUT2D eigenvalue weighted by atomic mass is 32.1. The Hall–Kier alpha value is -0.630. The molecule has 11 heavy (non-hydrogen) atoms. The maximum Gasteiger partial charge on any atom is 0.169 e. The van der Waals surface area contributed by atoms with Gasteiger partial charge in [-0.1, -0.05) is 0 Å². The van der Waals surface area contributed by atoms with Crippen LogP contribution in [0.1, 0.15) is 40.2 Å². The van der Waals surface area contributed by atoms with E-state index in [2.05, 4.69) is 6.07 Å². The van der Waals surface area contributed by atoms with Crippen LogP contribution in [0.4, 0.5) is 0 Å². The van der Waals surface area contributed by atoms with Crippen LogP contribution in [0.2, 0.25) is 0 Å². The van der Waals surface area contributed by atoms with Gasteiger partial charge in [-0.3, -0.25) is 4.79 Å². The lowest BCUT2D eigenvalue weighted by Gasteiger charge is -1.86. The summed E-state index contributed by atoms with van der Waals surface area (Å²) in [6, 6.07) is 4.04. The quantitative estimate of drug-likeness (QED) is 0.617. The van der Waals surface area contributed by atoms with Crippen molar-refractivity contribution in [1.82, 2.24) is 0 Å². The minimum Gasteiger partial charge on any atom is -0.294 e. The second-order valence-electron chi connectivity index (χ2n) is 3.03. The van der Waals surface area contributed by atoms with Crippen molar-refractivity contribution in [1.29, 1.82) is 0 Å². The van der Waals surface area contributed by atoms with E-state index in [0.29, 0.717) is 0 Å². The van der Waals surface area contributed by atoms with Crippen LogP contribution in [0.15, 0.2) is 12.1 Å². The van der Waals surface area contributed by atoms with Crippen molar-refractivity contribution in [2.45, 2.75) is 25.7 Å². The Balaban J connectivity index is 2.25. The van der Waals surface area contributed by atoms with E-state index in [4.69, 9.17) is 0 Å². The van der Waals surface area contributed by atoms with Gasteiger partial charge in [-0.05, 0) is 37.8 Å². The highest BCUT2D eigenvalue weighted by molar-refractivity contribution is 7.14. The van der Waals surface area contributed by atoms with Gasteiger partial charge in [-0.15, -0.1) is 11.3 Å². The molecule has 1 aliphatic rings. The molecule has 2 rings (SSSR count). The maximum atomic E-state index is 10.9. The van der Waals surface area contributed by atoms with Crippen LogP contribution in [-0.4, -0.2) is 5.78 Å². The Morgan fingerprint density at radius 2 is 2.27 bits per heavy atom. The molecule has 1 aliphatic carbocycles. The predicted molar refractivity (Wildman–Crippen MR) is 46.3 cm³/mol. The zero-order valence-corrected chi connectivity index (χ0v) is 7.28. The number of ketones is 1. The zero-order valence-electron chi connectivity index (χ0n) is 6.46. The minimum absolute atomic E-state index is 0.196. The second-order valence-corrected chi connectivity index (χ2v) is 4.15. The molecule has 1 nitrogen and oxygen atoms in total. The van der Waals surface area contributed by atoms with Crippen molar-refractivity contribution in [3.63, 3.8) is 0 Å². The summed E-state index contributed by atoms with van der Waals surface area (Å²) >= 11 is 1.66. The molecule has 1 aromatic heterocycles. The first-order chi connectivity index (χ1) is 5.27. The summed E-state index contributed by atoms with van der Waals surface area (Å²) in [4.78, 5) is 13.2. The van der Waals surface area contributed by atoms with E-state index in [-0.39, 0.29) is 5.78 Å². The summed E-state index contributed by atoms with van der Waals surface area (Å²) in [6.45, 7) is 1.63. The van der Waals surface area contributed by atoms with E-state index >= 15 is 0 Å². The van der Waals surface area contributed by atoms with Gasteiger partial charge >= 0.3 is 0 Å². The van der Waals surface area contributed by atoms with E-state index in [0.717, 1.165) is 10.8 Å². The van der Waals surface area contributed by atoms with Gasteiger partial charge in [0.2, 0.25) is 0 Å². The Morgan fingerprint density at radius 3 is 2.73 bits per heavy atom. The molecule has 0 amide bonds. The molecule has 0 N–H and O–H groups in total. The third-order valence-electron chi connectivity index (χ3n) is 1.95. The van der Waals surface area contributed by atoms with Gasteiger partial charge in [-0.2, -0.15) is 0 Å². The van der Waals surface area contributed by atoms with Crippen molar-refractivity contribution in [3.05, 3.63) is 21.9 Å². The smallest absolute Gasteiger partial charge is 0.169 e. The first kappa shape index (κ1) is 7.04. The number of Topliss-reactive ketones (excluding diaryl/α,β-unsaturated/α-hetero) is 1. The summed E-state index contributed by atoms with van der Waals surface area (Å²) in [5, 5.41) is 0. The van der Waals surface area contributed by atoms with Gasteiger partial charge < -0.3 is 0 Å². The van der Waals surface area contributed by atoms with Gasteiger partial charge in [0.25, 0.3) is 0 Å². The van der Waals surface area contributed by atoms with Crippen LogP contribution in [-0.2, 0) is 0 Å². The van der Waals surface area contributed by atoms with Gasteiger partial charge in [0.1, 0.15) is 0 Å². The third kappa shape index (κ3) is 1.36. The topological polar surface area (TPSA) is 17.1 Å². The lowest BCUT2D eigenvalue weighted by molar-refractivity contribution is 0.102. The Labute approximate surface area is 70.1 Å². The Kier molecular flexibility index (Phi) is 1.57. The molecular formula is C9H10OS. The SMILES string of the molecule is CC(=O)c1ccc(C2CC2)s1. The van der Waals surface area contributed by atoms with Crippen molar-refractivity contribution < 1.29 is 4.79 Å². The number of hydrogen-bond acceptors (Lipinski definition) is 2. The molecule has 0 aromatic carbocycles. The number of thiophene rings is 1. The molecule has 0 aliphatic heterocycles. The number of hydrogen-bond donors (Lipinski definition) is 0. The fourth-order valence-corrected chi connectivity index (χ4v) is 2.20. The first-order valence-electron chi connectivity index (χ1n) is 3.88. The van der Waals surface area contributed by atoms with Gasteiger partial charge in [0.05, 0.1) is 4.88 Å². The fraction of sp³-hybridized carbons (Fsp3) is 0.444.